The van der Waals surface area contributed by atoms with Crippen molar-refractivity contribution in [2.45, 2.75) is 6.92 Å². The van der Waals surface area contributed by atoms with E-state index in [1.54, 1.807) is 30.8 Å². The predicted molar refractivity (Wildman–Crippen MR) is 71.1 cm³/mol. The lowest BCUT2D eigenvalue weighted by Crippen LogP contribution is -2.05. The van der Waals surface area contributed by atoms with E-state index in [0.717, 1.165) is 18.0 Å². The molecule has 0 unspecified atom stereocenters. The first kappa shape index (κ1) is 13.6. The lowest BCUT2D eigenvalue weighted by Gasteiger charge is -2.08. The molecule has 6 heteroatoms. The molecule has 1 rings (SSSR count). The highest BCUT2D eigenvalue weighted by atomic mass is 32.2. The van der Waals surface area contributed by atoms with Gasteiger partial charge in [0.25, 0.3) is 0 Å². The van der Waals surface area contributed by atoms with Crippen LogP contribution in [0.25, 0.3) is 0 Å². The van der Waals surface area contributed by atoms with Crippen molar-refractivity contribution in [3.63, 3.8) is 0 Å². The third-order valence-electron chi connectivity index (χ3n) is 2.09. The summed E-state index contributed by atoms with van der Waals surface area (Å²) in [5.74, 6) is 1.30. The van der Waals surface area contributed by atoms with Gasteiger partial charge in [0.1, 0.15) is 0 Å². The number of benzene rings is 1. The highest BCUT2D eigenvalue weighted by Crippen LogP contribution is 2.29. The number of nitrogens with zero attached hydrogens (tertiary/aromatic N) is 1. The van der Waals surface area contributed by atoms with Gasteiger partial charge in [-0.05, 0) is 19.2 Å². The maximum absolute atomic E-state index is 10.8. The van der Waals surface area contributed by atoms with Gasteiger partial charge in [0, 0.05) is 30.1 Å². The Morgan fingerprint density at radius 2 is 2.29 bits per heavy atom. The Morgan fingerprint density at radius 1 is 1.53 bits per heavy atom. The maximum Gasteiger partial charge on any atom is 0.311 e. The van der Waals surface area contributed by atoms with Crippen LogP contribution in [0.1, 0.15) is 6.92 Å². The topological polar surface area (TPSA) is 64.4 Å². The minimum absolute atomic E-state index is 0.00210. The van der Waals surface area contributed by atoms with Crippen molar-refractivity contribution >= 4 is 23.1 Å². The number of rotatable bonds is 7. The van der Waals surface area contributed by atoms with Gasteiger partial charge in [0.2, 0.25) is 0 Å². The molecule has 0 saturated heterocycles. The monoisotopic (exact) mass is 256 g/mol. The second-order valence-electron chi connectivity index (χ2n) is 3.29. The van der Waals surface area contributed by atoms with Gasteiger partial charge >= 0.3 is 5.69 Å². The first-order chi connectivity index (χ1) is 8.19. The second kappa shape index (κ2) is 7.01. The molecule has 0 aliphatic carbocycles. The van der Waals surface area contributed by atoms with Gasteiger partial charge in [-0.1, -0.05) is 0 Å². The van der Waals surface area contributed by atoms with Crippen LogP contribution < -0.4 is 10.1 Å². The third kappa shape index (κ3) is 4.14. The Labute approximate surface area is 105 Å². The molecule has 0 aromatic heterocycles. The van der Waals surface area contributed by atoms with Gasteiger partial charge in [-0.2, -0.15) is 11.8 Å². The zero-order chi connectivity index (χ0) is 12.7. The lowest BCUT2D eigenvalue weighted by atomic mass is 10.2. The summed E-state index contributed by atoms with van der Waals surface area (Å²) in [4.78, 5) is 10.3. The Kier molecular flexibility index (Phi) is 5.62. The standard InChI is InChI=1S/C11H16N2O3S/c1-3-16-11-8-9(12-6-7-17-2)4-5-10(11)13(14)15/h4-5,8,12H,3,6-7H2,1-2H3. The van der Waals surface area contributed by atoms with Gasteiger partial charge in [0.05, 0.1) is 11.5 Å². The Morgan fingerprint density at radius 3 is 2.88 bits per heavy atom. The van der Waals surface area contributed by atoms with Crippen molar-refractivity contribution < 1.29 is 9.66 Å². The molecular formula is C11H16N2O3S. The van der Waals surface area contributed by atoms with Crippen LogP contribution in [0, 0.1) is 10.1 Å². The number of nitro groups is 1. The number of nitro benzene ring substituents is 1. The molecule has 0 amide bonds. The molecular weight excluding hydrogens is 240 g/mol. The first-order valence-electron chi connectivity index (χ1n) is 5.33. The van der Waals surface area contributed by atoms with Crippen LogP contribution in [0.4, 0.5) is 11.4 Å². The molecule has 0 heterocycles. The van der Waals surface area contributed by atoms with Crippen LogP contribution in [0.5, 0.6) is 5.75 Å². The molecule has 94 valence electrons. The largest absolute Gasteiger partial charge is 0.487 e. The molecule has 0 saturated carbocycles. The van der Waals surface area contributed by atoms with E-state index >= 15 is 0 Å². The van der Waals surface area contributed by atoms with Crippen LogP contribution in [0.2, 0.25) is 0 Å². The Bertz CT molecular complexity index is 385. The molecule has 1 aromatic rings. The number of ether oxygens (including phenoxy) is 1. The molecule has 0 aliphatic heterocycles. The summed E-state index contributed by atoms with van der Waals surface area (Å²) in [6, 6.07) is 4.83. The normalized spacial score (nSPS) is 10.0. The summed E-state index contributed by atoms with van der Waals surface area (Å²) in [5.41, 5.74) is 0.843. The summed E-state index contributed by atoms with van der Waals surface area (Å²) in [7, 11) is 0. The molecule has 1 aromatic carbocycles. The van der Waals surface area contributed by atoms with Crippen molar-refractivity contribution in [3.8, 4) is 5.75 Å². The summed E-state index contributed by atoms with van der Waals surface area (Å²) >= 11 is 1.74. The summed E-state index contributed by atoms with van der Waals surface area (Å²) < 4.78 is 5.26. The predicted octanol–water partition coefficient (Wildman–Crippen LogP) is 2.77. The van der Waals surface area contributed by atoms with E-state index < -0.39 is 4.92 Å². The van der Waals surface area contributed by atoms with Crippen LogP contribution in [0.3, 0.4) is 0 Å². The molecule has 1 N–H and O–H groups in total. The second-order valence-corrected chi connectivity index (χ2v) is 4.28. The SMILES string of the molecule is CCOc1cc(NCCSC)ccc1[N+](=O)[O-]. The van der Waals surface area contributed by atoms with E-state index in [9.17, 15) is 10.1 Å². The minimum atomic E-state index is -0.434. The maximum atomic E-state index is 10.8. The van der Waals surface area contributed by atoms with Crippen molar-refractivity contribution in [2.75, 3.05) is 30.5 Å². The summed E-state index contributed by atoms with van der Waals surface area (Å²) in [6.07, 6.45) is 2.03. The zero-order valence-corrected chi connectivity index (χ0v) is 10.8. The molecule has 0 atom stereocenters. The Hall–Kier alpha value is -1.43. The van der Waals surface area contributed by atoms with Gasteiger partial charge in [-0.25, -0.2) is 0 Å². The average Bonchev–Trinajstić information content (AvgIpc) is 2.30. The summed E-state index contributed by atoms with van der Waals surface area (Å²) in [5, 5.41) is 14.0. The van der Waals surface area contributed by atoms with Crippen molar-refractivity contribution in [1.29, 1.82) is 0 Å². The molecule has 0 aliphatic rings. The fourth-order valence-electron chi connectivity index (χ4n) is 1.34. The highest BCUT2D eigenvalue weighted by molar-refractivity contribution is 7.98. The summed E-state index contributed by atoms with van der Waals surface area (Å²) in [6.45, 7) is 3.04. The zero-order valence-electron chi connectivity index (χ0n) is 9.93. The van der Waals surface area contributed by atoms with Gasteiger partial charge < -0.3 is 10.1 Å². The van der Waals surface area contributed by atoms with Crippen molar-refractivity contribution in [1.82, 2.24) is 0 Å². The van der Waals surface area contributed by atoms with Crippen molar-refractivity contribution in [2.24, 2.45) is 0 Å². The van der Waals surface area contributed by atoms with Crippen LogP contribution in [-0.4, -0.2) is 30.1 Å². The fourth-order valence-corrected chi connectivity index (χ4v) is 1.65. The van der Waals surface area contributed by atoms with E-state index in [1.807, 2.05) is 6.26 Å². The molecule has 0 spiro atoms. The number of anilines is 1. The number of hydrogen-bond donors (Lipinski definition) is 1. The molecule has 0 bridgehead atoms. The van der Waals surface area contributed by atoms with Gasteiger partial charge in [0.15, 0.2) is 5.75 Å². The number of thioether (sulfide) groups is 1. The smallest absolute Gasteiger partial charge is 0.311 e. The van der Waals surface area contributed by atoms with Crippen molar-refractivity contribution in [3.05, 3.63) is 28.3 Å². The third-order valence-corrected chi connectivity index (χ3v) is 2.70. The molecule has 17 heavy (non-hydrogen) atoms. The van der Waals surface area contributed by atoms with Gasteiger partial charge in [-0.3, -0.25) is 10.1 Å². The quantitative estimate of drug-likeness (QED) is 0.461. The van der Waals surface area contributed by atoms with E-state index in [1.165, 1.54) is 6.07 Å². The number of nitrogens with one attached hydrogen (secondary N) is 1. The van der Waals surface area contributed by atoms with E-state index in [0.29, 0.717) is 12.4 Å². The molecule has 5 nitrogen and oxygen atoms in total. The lowest BCUT2D eigenvalue weighted by molar-refractivity contribution is -0.385. The minimum Gasteiger partial charge on any atom is -0.487 e. The van der Waals surface area contributed by atoms with E-state index in [2.05, 4.69) is 5.32 Å². The van der Waals surface area contributed by atoms with Crippen LogP contribution >= 0.6 is 11.8 Å². The molecule has 0 fully saturated rings. The van der Waals surface area contributed by atoms with Gasteiger partial charge in [-0.15, -0.1) is 0 Å². The van der Waals surface area contributed by atoms with Crippen LogP contribution in [-0.2, 0) is 0 Å². The highest BCUT2D eigenvalue weighted by Gasteiger charge is 2.14. The molecule has 0 radical (unpaired) electrons. The Balaban J connectivity index is 2.81. The first-order valence-corrected chi connectivity index (χ1v) is 6.72. The van der Waals surface area contributed by atoms with Crippen LogP contribution in [0.15, 0.2) is 18.2 Å². The fraction of sp³-hybridized carbons (Fsp3) is 0.455. The van der Waals surface area contributed by atoms with E-state index in [-0.39, 0.29) is 5.69 Å². The average molecular weight is 256 g/mol. The van der Waals surface area contributed by atoms with E-state index in [4.69, 9.17) is 4.74 Å². The number of hydrogen-bond acceptors (Lipinski definition) is 5.